The van der Waals surface area contributed by atoms with E-state index in [0.29, 0.717) is 6.54 Å². The second-order valence-corrected chi connectivity index (χ2v) is 1.27. The number of halogens is 1. The molecule has 0 fully saturated rings. The summed E-state index contributed by atoms with van der Waals surface area (Å²) in [5.41, 5.74) is 0. The molecule has 2 nitrogen and oxygen atoms in total. The van der Waals surface area contributed by atoms with Crippen molar-refractivity contribution in [2.45, 2.75) is 6.92 Å². The lowest BCUT2D eigenvalue weighted by Gasteiger charge is -2.05. The fraction of sp³-hybridized carbons (Fsp3) is 0.750. The highest BCUT2D eigenvalue weighted by atomic mass is 19.1. The van der Waals surface area contributed by atoms with Gasteiger partial charge in [-0.05, 0) is 6.92 Å². The van der Waals surface area contributed by atoms with Gasteiger partial charge in [-0.15, -0.1) is 4.39 Å². The molecule has 0 aliphatic carbocycles. The minimum absolute atomic E-state index is 0.426. The molecule has 0 aromatic heterocycles. The number of hydrogen-bond donors (Lipinski definition) is 0. The molecule has 0 N–H and O–H groups in total. The molecule has 0 radical (unpaired) electrons. The van der Waals surface area contributed by atoms with Crippen LogP contribution >= 0.6 is 0 Å². The highest BCUT2D eigenvalue weighted by Gasteiger charge is 1.99. The molecule has 0 heterocycles. The van der Waals surface area contributed by atoms with Crippen molar-refractivity contribution in [3.05, 3.63) is 0 Å². The number of hydrogen-bond acceptors (Lipinski definition) is 1. The van der Waals surface area contributed by atoms with Gasteiger partial charge in [0.2, 0.25) is 0 Å². The van der Waals surface area contributed by atoms with E-state index in [1.54, 1.807) is 6.92 Å². The minimum Gasteiger partial charge on any atom is -0.318 e. The van der Waals surface area contributed by atoms with E-state index < -0.39 is 6.16 Å². The van der Waals surface area contributed by atoms with Crippen LogP contribution < -0.4 is 0 Å². The lowest BCUT2D eigenvalue weighted by atomic mass is 10.7. The van der Waals surface area contributed by atoms with Crippen LogP contribution in [0.4, 0.5) is 9.18 Å². The van der Waals surface area contributed by atoms with Gasteiger partial charge in [-0.25, -0.2) is 4.79 Å². The van der Waals surface area contributed by atoms with E-state index in [1.807, 2.05) is 0 Å². The summed E-state index contributed by atoms with van der Waals surface area (Å²) in [7, 11) is 1.41. The third-order valence-electron chi connectivity index (χ3n) is 0.774. The topological polar surface area (TPSA) is 20.3 Å². The molecule has 0 aromatic carbocycles. The Balaban J connectivity index is 3.34. The predicted octanol–water partition coefficient (Wildman–Crippen LogP) is 1.03. The Bertz CT molecular complexity index is 74.1. The van der Waals surface area contributed by atoms with E-state index in [0.717, 1.165) is 4.90 Å². The van der Waals surface area contributed by atoms with Gasteiger partial charge in [0.15, 0.2) is 0 Å². The van der Waals surface area contributed by atoms with Gasteiger partial charge in [0.1, 0.15) is 0 Å². The summed E-state index contributed by atoms with van der Waals surface area (Å²) in [6.45, 7) is 2.13. The first kappa shape index (κ1) is 6.40. The molecular weight excluding hydrogens is 97.0 g/mol. The lowest BCUT2D eigenvalue weighted by molar-refractivity contribution is 0.188. The zero-order valence-corrected chi connectivity index (χ0v) is 4.44. The Hall–Kier alpha value is -0.600. The van der Waals surface area contributed by atoms with E-state index in [-0.39, 0.29) is 0 Å². The minimum atomic E-state index is -1.37. The summed E-state index contributed by atoms with van der Waals surface area (Å²) in [5, 5.41) is 0. The SMILES string of the molecule is CCN(C)C(=O)F. The highest BCUT2D eigenvalue weighted by Crippen LogP contribution is 1.84. The van der Waals surface area contributed by atoms with E-state index in [9.17, 15) is 9.18 Å². The molecule has 7 heavy (non-hydrogen) atoms. The van der Waals surface area contributed by atoms with Crippen LogP contribution in [0.5, 0.6) is 0 Å². The molecule has 1 amide bonds. The summed E-state index contributed by atoms with van der Waals surface area (Å²) in [4.78, 5) is 10.6. The Morgan fingerprint density at radius 1 is 1.86 bits per heavy atom. The largest absolute Gasteiger partial charge is 0.399 e. The molecule has 0 aliphatic heterocycles. The average Bonchev–Trinajstić information content (AvgIpc) is 1.65. The molecule has 0 aromatic rings. The number of rotatable bonds is 1. The predicted molar refractivity (Wildman–Crippen MR) is 24.8 cm³/mol. The molecule has 0 bridgehead atoms. The van der Waals surface area contributed by atoms with Gasteiger partial charge in [0.25, 0.3) is 0 Å². The van der Waals surface area contributed by atoms with Crippen molar-refractivity contribution in [2.75, 3.05) is 13.6 Å². The smallest absolute Gasteiger partial charge is 0.318 e. The van der Waals surface area contributed by atoms with Crippen molar-refractivity contribution < 1.29 is 9.18 Å². The highest BCUT2D eigenvalue weighted by molar-refractivity contribution is 5.65. The van der Waals surface area contributed by atoms with Crippen molar-refractivity contribution in [3.63, 3.8) is 0 Å². The van der Waals surface area contributed by atoms with Gasteiger partial charge in [0, 0.05) is 13.6 Å². The maximum atomic E-state index is 11.4. The number of nitrogens with zero attached hydrogens (tertiary/aromatic N) is 1. The van der Waals surface area contributed by atoms with E-state index in [1.165, 1.54) is 7.05 Å². The number of amides is 1. The molecular formula is C4H8FNO. The Morgan fingerprint density at radius 2 is 2.29 bits per heavy atom. The van der Waals surface area contributed by atoms with Crippen LogP contribution in [-0.4, -0.2) is 24.7 Å². The van der Waals surface area contributed by atoms with Crippen LogP contribution in [0.2, 0.25) is 0 Å². The van der Waals surface area contributed by atoms with Crippen molar-refractivity contribution >= 4 is 6.16 Å². The third kappa shape index (κ3) is 2.14. The molecule has 0 rings (SSSR count). The summed E-state index contributed by atoms with van der Waals surface area (Å²) in [5.74, 6) is 0. The number of carbonyl (C=O) groups excluding carboxylic acids is 1. The summed E-state index contributed by atoms with van der Waals surface area (Å²) in [6.07, 6.45) is -1.37. The molecule has 0 spiro atoms. The molecule has 0 saturated carbocycles. The van der Waals surface area contributed by atoms with Gasteiger partial charge in [-0.3, -0.25) is 0 Å². The zero-order chi connectivity index (χ0) is 5.86. The van der Waals surface area contributed by atoms with Crippen LogP contribution in [0.3, 0.4) is 0 Å². The standard InChI is InChI=1S/C4H8FNO/c1-3-6(2)4(5)7/h3H2,1-2H3. The first-order valence-electron chi connectivity index (χ1n) is 2.09. The Morgan fingerprint density at radius 3 is 2.29 bits per heavy atom. The van der Waals surface area contributed by atoms with E-state index >= 15 is 0 Å². The van der Waals surface area contributed by atoms with Gasteiger partial charge in [-0.2, -0.15) is 0 Å². The number of carbonyl (C=O) groups is 1. The zero-order valence-electron chi connectivity index (χ0n) is 4.44. The first-order valence-corrected chi connectivity index (χ1v) is 2.09. The molecule has 0 atom stereocenters. The lowest BCUT2D eigenvalue weighted by Crippen LogP contribution is -2.20. The first-order chi connectivity index (χ1) is 3.18. The van der Waals surface area contributed by atoms with E-state index in [4.69, 9.17) is 0 Å². The van der Waals surface area contributed by atoms with Crippen molar-refractivity contribution in [3.8, 4) is 0 Å². The van der Waals surface area contributed by atoms with Gasteiger partial charge >= 0.3 is 6.16 Å². The van der Waals surface area contributed by atoms with E-state index in [2.05, 4.69) is 0 Å². The summed E-state index contributed by atoms with van der Waals surface area (Å²) >= 11 is 0. The maximum Gasteiger partial charge on any atom is 0.399 e. The van der Waals surface area contributed by atoms with Crippen LogP contribution in [0.25, 0.3) is 0 Å². The molecule has 0 unspecified atom stereocenters. The third-order valence-corrected chi connectivity index (χ3v) is 0.774. The van der Waals surface area contributed by atoms with Crippen LogP contribution in [0.15, 0.2) is 0 Å². The molecule has 0 aliphatic rings. The second-order valence-electron chi connectivity index (χ2n) is 1.27. The normalized spacial score (nSPS) is 8.43. The van der Waals surface area contributed by atoms with Crippen molar-refractivity contribution in [1.29, 1.82) is 0 Å². The maximum absolute atomic E-state index is 11.4. The van der Waals surface area contributed by atoms with Crippen molar-refractivity contribution in [2.24, 2.45) is 0 Å². The van der Waals surface area contributed by atoms with Crippen LogP contribution in [-0.2, 0) is 0 Å². The monoisotopic (exact) mass is 105 g/mol. The molecule has 0 saturated heterocycles. The summed E-state index contributed by atoms with van der Waals surface area (Å²) in [6, 6.07) is 0. The quantitative estimate of drug-likeness (QED) is 0.360. The van der Waals surface area contributed by atoms with Crippen LogP contribution in [0.1, 0.15) is 6.92 Å². The van der Waals surface area contributed by atoms with Crippen LogP contribution in [0, 0.1) is 0 Å². The van der Waals surface area contributed by atoms with Crippen molar-refractivity contribution in [1.82, 2.24) is 4.90 Å². The molecule has 42 valence electrons. The fourth-order valence-corrected chi connectivity index (χ4v) is 0.124. The Kier molecular flexibility index (Phi) is 2.33. The van der Waals surface area contributed by atoms with Gasteiger partial charge in [0.05, 0.1) is 0 Å². The average molecular weight is 105 g/mol. The fourth-order valence-electron chi connectivity index (χ4n) is 0.124. The second kappa shape index (κ2) is 2.55. The summed E-state index contributed by atoms with van der Waals surface area (Å²) < 4.78 is 11.4. The van der Waals surface area contributed by atoms with Gasteiger partial charge in [-0.1, -0.05) is 0 Å². The Labute approximate surface area is 41.9 Å². The van der Waals surface area contributed by atoms with Gasteiger partial charge < -0.3 is 4.90 Å². The molecule has 3 heteroatoms.